The molecule has 1 heterocycles. The fraction of sp³-hybridized carbons (Fsp3) is 0.0769. The molecule has 2 aromatic rings. The summed E-state index contributed by atoms with van der Waals surface area (Å²) < 4.78 is 5.18. The number of carbonyl (C=O) groups is 1. The summed E-state index contributed by atoms with van der Waals surface area (Å²) in [6, 6.07) is 7.12. The summed E-state index contributed by atoms with van der Waals surface area (Å²) in [6.45, 7) is 1.84. The molecule has 1 aromatic carbocycles. The summed E-state index contributed by atoms with van der Waals surface area (Å²) in [5.41, 5.74) is 1.35. The maximum atomic E-state index is 11.7. The van der Waals surface area contributed by atoms with Crippen molar-refractivity contribution in [3.8, 4) is 11.5 Å². The van der Waals surface area contributed by atoms with E-state index < -0.39 is 0 Å². The van der Waals surface area contributed by atoms with E-state index >= 15 is 0 Å². The largest absolute Gasteiger partial charge is 0.445 e. The summed E-state index contributed by atoms with van der Waals surface area (Å²) >= 11 is 0. The van der Waals surface area contributed by atoms with Crippen LogP contribution >= 0.6 is 0 Å². The van der Waals surface area contributed by atoms with Gasteiger partial charge in [0, 0.05) is 11.1 Å². The van der Waals surface area contributed by atoms with Gasteiger partial charge in [0.1, 0.15) is 6.26 Å². The first-order valence-electron chi connectivity index (χ1n) is 5.23. The minimum atomic E-state index is -0.156. The maximum absolute atomic E-state index is 11.7. The first-order valence-corrected chi connectivity index (χ1v) is 5.23. The third kappa shape index (κ3) is 2.60. The predicted octanol–water partition coefficient (Wildman–Crippen LogP) is 2.61. The summed E-state index contributed by atoms with van der Waals surface area (Å²) in [4.78, 5) is 15.7. The number of hydrogen-bond acceptors (Lipinski definition) is 3. The number of allylic oxidation sites excluding steroid dienone is 1. The molecule has 0 aliphatic carbocycles. The fourth-order valence-corrected chi connectivity index (χ4v) is 1.40. The van der Waals surface area contributed by atoms with Gasteiger partial charge < -0.3 is 9.73 Å². The Balaban J connectivity index is 2.26. The van der Waals surface area contributed by atoms with Crippen molar-refractivity contribution in [2.24, 2.45) is 0 Å². The molecule has 0 saturated carbocycles. The average Bonchev–Trinajstić information content (AvgIpc) is 2.90. The standard InChI is InChI=1S/C13H12N2O2/c1-2-6-14-12(16)10-4-3-5-11(9-10)13-15-7-8-17-13/h2-9H,1H3,(H,14,16)/b6-2-. The molecule has 1 aromatic heterocycles. The number of aromatic nitrogens is 1. The van der Waals surface area contributed by atoms with E-state index in [-0.39, 0.29) is 5.91 Å². The van der Waals surface area contributed by atoms with Crippen LogP contribution in [0.3, 0.4) is 0 Å². The molecule has 17 heavy (non-hydrogen) atoms. The number of oxazole rings is 1. The van der Waals surface area contributed by atoms with E-state index in [9.17, 15) is 4.79 Å². The van der Waals surface area contributed by atoms with Crippen molar-refractivity contribution >= 4 is 5.91 Å². The fourth-order valence-electron chi connectivity index (χ4n) is 1.40. The van der Waals surface area contributed by atoms with Crippen LogP contribution in [0, 0.1) is 0 Å². The number of nitrogens with zero attached hydrogens (tertiary/aromatic N) is 1. The molecule has 1 amide bonds. The topological polar surface area (TPSA) is 55.1 Å². The van der Waals surface area contributed by atoms with E-state index in [1.54, 1.807) is 36.7 Å². The number of hydrogen-bond donors (Lipinski definition) is 1. The highest BCUT2D eigenvalue weighted by atomic mass is 16.3. The van der Waals surface area contributed by atoms with Crippen LogP contribution < -0.4 is 5.32 Å². The van der Waals surface area contributed by atoms with Gasteiger partial charge in [-0.3, -0.25) is 4.79 Å². The monoisotopic (exact) mass is 228 g/mol. The Hall–Kier alpha value is -2.36. The Bertz CT molecular complexity index is 530. The Morgan fingerprint density at radius 3 is 3.06 bits per heavy atom. The lowest BCUT2D eigenvalue weighted by atomic mass is 10.1. The molecule has 0 fully saturated rings. The zero-order valence-corrected chi connectivity index (χ0v) is 9.38. The van der Waals surface area contributed by atoms with Crippen molar-refractivity contribution in [2.45, 2.75) is 6.92 Å². The number of carbonyl (C=O) groups excluding carboxylic acids is 1. The Morgan fingerprint density at radius 2 is 2.35 bits per heavy atom. The van der Waals surface area contributed by atoms with Crippen LogP contribution in [-0.2, 0) is 0 Å². The minimum absolute atomic E-state index is 0.156. The van der Waals surface area contributed by atoms with E-state index in [2.05, 4.69) is 10.3 Å². The molecule has 0 bridgehead atoms. The molecular formula is C13H12N2O2. The van der Waals surface area contributed by atoms with Gasteiger partial charge in [-0.1, -0.05) is 12.1 Å². The molecule has 0 unspecified atom stereocenters. The predicted molar refractivity (Wildman–Crippen MR) is 64.2 cm³/mol. The van der Waals surface area contributed by atoms with Gasteiger partial charge in [0.2, 0.25) is 5.89 Å². The summed E-state index contributed by atoms with van der Waals surface area (Å²) in [5, 5.41) is 2.65. The van der Waals surface area contributed by atoms with Gasteiger partial charge in [-0.2, -0.15) is 0 Å². The number of nitrogens with one attached hydrogen (secondary N) is 1. The van der Waals surface area contributed by atoms with Crippen molar-refractivity contribution in [2.75, 3.05) is 0 Å². The highest BCUT2D eigenvalue weighted by Crippen LogP contribution is 2.18. The zero-order valence-electron chi connectivity index (χ0n) is 9.38. The van der Waals surface area contributed by atoms with Crippen LogP contribution in [0.2, 0.25) is 0 Å². The molecule has 86 valence electrons. The van der Waals surface area contributed by atoms with E-state index in [1.807, 2.05) is 13.0 Å². The van der Waals surface area contributed by atoms with Gasteiger partial charge in [-0.15, -0.1) is 0 Å². The quantitative estimate of drug-likeness (QED) is 0.878. The van der Waals surface area contributed by atoms with E-state index in [0.29, 0.717) is 11.5 Å². The lowest BCUT2D eigenvalue weighted by Crippen LogP contribution is -2.16. The van der Waals surface area contributed by atoms with Crippen LogP contribution in [0.15, 0.2) is 53.4 Å². The SMILES string of the molecule is C/C=C\NC(=O)c1cccc(-c2ncco2)c1. The van der Waals surface area contributed by atoms with Gasteiger partial charge in [0.15, 0.2) is 0 Å². The van der Waals surface area contributed by atoms with Gasteiger partial charge >= 0.3 is 0 Å². The number of amides is 1. The lowest BCUT2D eigenvalue weighted by molar-refractivity contribution is 0.0970. The molecule has 1 N–H and O–H groups in total. The molecule has 0 radical (unpaired) electrons. The van der Waals surface area contributed by atoms with Crippen LogP contribution in [0.1, 0.15) is 17.3 Å². The van der Waals surface area contributed by atoms with Crippen molar-refractivity contribution < 1.29 is 9.21 Å². The second-order valence-electron chi connectivity index (χ2n) is 3.39. The first-order chi connectivity index (χ1) is 8.31. The first kappa shape index (κ1) is 11.1. The molecule has 4 nitrogen and oxygen atoms in total. The Kier molecular flexibility index (Phi) is 3.35. The van der Waals surface area contributed by atoms with Crippen LogP contribution in [-0.4, -0.2) is 10.9 Å². The molecule has 0 aliphatic heterocycles. The highest BCUT2D eigenvalue weighted by molar-refractivity contribution is 5.95. The van der Waals surface area contributed by atoms with Gasteiger partial charge in [0.05, 0.1) is 6.20 Å². The van der Waals surface area contributed by atoms with E-state index in [1.165, 1.54) is 6.26 Å². The molecular weight excluding hydrogens is 216 g/mol. The molecule has 0 spiro atoms. The summed E-state index contributed by atoms with van der Waals surface area (Å²) in [7, 11) is 0. The third-order valence-corrected chi connectivity index (χ3v) is 2.19. The summed E-state index contributed by atoms with van der Waals surface area (Å²) in [6.07, 6.45) is 6.43. The third-order valence-electron chi connectivity index (χ3n) is 2.19. The van der Waals surface area contributed by atoms with E-state index in [4.69, 9.17) is 4.42 Å². The van der Waals surface area contributed by atoms with Crippen molar-refractivity contribution in [1.82, 2.24) is 10.3 Å². The van der Waals surface area contributed by atoms with Gasteiger partial charge in [-0.25, -0.2) is 4.98 Å². The smallest absolute Gasteiger partial charge is 0.255 e. The van der Waals surface area contributed by atoms with Crippen molar-refractivity contribution in [3.05, 3.63) is 54.6 Å². The van der Waals surface area contributed by atoms with Crippen molar-refractivity contribution in [1.29, 1.82) is 0 Å². The van der Waals surface area contributed by atoms with E-state index in [0.717, 1.165) is 5.56 Å². The van der Waals surface area contributed by atoms with Crippen LogP contribution in [0.4, 0.5) is 0 Å². The van der Waals surface area contributed by atoms with Gasteiger partial charge in [-0.05, 0) is 31.3 Å². The normalized spacial score (nSPS) is 10.6. The Labute approximate surface area is 99.0 Å². The average molecular weight is 228 g/mol. The molecule has 0 saturated heterocycles. The van der Waals surface area contributed by atoms with Gasteiger partial charge in [0.25, 0.3) is 5.91 Å². The number of benzene rings is 1. The van der Waals surface area contributed by atoms with Crippen LogP contribution in [0.25, 0.3) is 11.5 Å². The number of rotatable bonds is 3. The minimum Gasteiger partial charge on any atom is -0.445 e. The van der Waals surface area contributed by atoms with Crippen molar-refractivity contribution in [3.63, 3.8) is 0 Å². The zero-order chi connectivity index (χ0) is 12.1. The molecule has 0 aliphatic rings. The molecule has 2 rings (SSSR count). The second kappa shape index (κ2) is 5.12. The highest BCUT2D eigenvalue weighted by Gasteiger charge is 2.07. The molecule has 0 atom stereocenters. The summed E-state index contributed by atoms with van der Waals surface area (Å²) in [5.74, 6) is 0.349. The maximum Gasteiger partial charge on any atom is 0.255 e. The molecule has 4 heteroatoms. The van der Waals surface area contributed by atoms with Crippen LogP contribution in [0.5, 0.6) is 0 Å². The second-order valence-corrected chi connectivity index (χ2v) is 3.39. The Morgan fingerprint density at radius 1 is 1.47 bits per heavy atom. The lowest BCUT2D eigenvalue weighted by Gasteiger charge is -2.01.